The molecule has 154 valence electrons. The second kappa shape index (κ2) is 10.5. The Kier molecular flexibility index (Phi) is 7.54. The third-order valence-electron chi connectivity index (χ3n) is 3.95. The Bertz CT molecular complexity index is 1030. The number of hydrogen-bond acceptors (Lipinski definition) is 4. The number of rotatable bonds is 7. The highest BCUT2D eigenvalue weighted by Gasteiger charge is 2.15. The van der Waals surface area contributed by atoms with Crippen LogP contribution in [-0.2, 0) is 0 Å². The summed E-state index contributed by atoms with van der Waals surface area (Å²) in [6.45, 7) is 0.553. The quantitative estimate of drug-likeness (QED) is 0.414. The number of hydrazine groups is 1. The minimum Gasteiger partial charge on any atom is -0.490 e. The minimum atomic E-state index is -0.570. The van der Waals surface area contributed by atoms with Crippen molar-refractivity contribution in [3.05, 3.63) is 94.0 Å². The summed E-state index contributed by atoms with van der Waals surface area (Å²) in [5.41, 5.74) is 5.13. The summed E-state index contributed by atoms with van der Waals surface area (Å²) < 4.78 is 11.2. The van der Waals surface area contributed by atoms with Gasteiger partial charge < -0.3 is 9.47 Å². The summed E-state index contributed by atoms with van der Waals surface area (Å²) in [6, 6.07) is 20.5. The van der Waals surface area contributed by atoms with Crippen LogP contribution in [0.3, 0.4) is 0 Å². The Balaban J connectivity index is 1.55. The van der Waals surface area contributed by atoms with E-state index in [0.29, 0.717) is 17.4 Å². The van der Waals surface area contributed by atoms with Crippen LogP contribution in [0.15, 0.2) is 72.8 Å². The molecule has 2 N–H and O–H groups in total. The molecule has 3 rings (SSSR count). The van der Waals surface area contributed by atoms with Gasteiger partial charge in [0, 0.05) is 5.02 Å². The first-order valence-corrected chi connectivity index (χ1v) is 9.75. The van der Waals surface area contributed by atoms with Crippen LogP contribution in [-0.4, -0.2) is 25.0 Å². The molecule has 0 aliphatic heterocycles. The van der Waals surface area contributed by atoms with Crippen molar-refractivity contribution in [1.82, 2.24) is 10.9 Å². The van der Waals surface area contributed by atoms with Gasteiger partial charge in [-0.1, -0.05) is 53.5 Å². The van der Waals surface area contributed by atoms with Crippen molar-refractivity contribution >= 4 is 35.0 Å². The van der Waals surface area contributed by atoms with Crippen molar-refractivity contribution < 1.29 is 19.1 Å². The largest absolute Gasteiger partial charge is 0.490 e. The third-order valence-corrected chi connectivity index (χ3v) is 4.50. The molecule has 6 nitrogen and oxygen atoms in total. The van der Waals surface area contributed by atoms with E-state index in [-0.39, 0.29) is 22.8 Å². The van der Waals surface area contributed by atoms with Gasteiger partial charge in [0.1, 0.15) is 24.7 Å². The molecule has 30 heavy (non-hydrogen) atoms. The molecule has 3 aromatic carbocycles. The molecule has 3 aromatic rings. The predicted molar refractivity (Wildman–Crippen MR) is 115 cm³/mol. The van der Waals surface area contributed by atoms with Gasteiger partial charge in [-0.3, -0.25) is 20.4 Å². The Hall–Kier alpha value is -3.22. The lowest BCUT2D eigenvalue weighted by molar-refractivity contribution is 0.0844. The zero-order chi connectivity index (χ0) is 21.3. The first kappa shape index (κ1) is 21.5. The first-order valence-electron chi connectivity index (χ1n) is 9.00. The zero-order valence-corrected chi connectivity index (χ0v) is 17.2. The summed E-state index contributed by atoms with van der Waals surface area (Å²) in [4.78, 5) is 24.7. The monoisotopic (exact) mass is 444 g/mol. The molecule has 0 saturated heterocycles. The molecule has 0 fully saturated rings. The van der Waals surface area contributed by atoms with Crippen LogP contribution in [0, 0.1) is 0 Å². The van der Waals surface area contributed by atoms with Gasteiger partial charge in [0.05, 0.1) is 16.1 Å². The fourth-order valence-electron chi connectivity index (χ4n) is 2.53. The van der Waals surface area contributed by atoms with E-state index in [1.165, 1.54) is 18.2 Å². The second-order valence-corrected chi connectivity index (χ2v) is 6.88. The van der Waals surface area contributed by atoms with E-state index in [2.05, 4.69) is 10.9 Å². The summed E-state index contributed by atoms with van der Waals surface area (Å²) in [5.74, 6) is -0.00571. The maximum Gasteiger partial charge on any atom is 0.273 e. The predicted octanol–water partition coefficient (Wildman–Crippen LogP) is 4.53. The van der Waals surface area contributed by atoms with Crippen LogP contribution in [0.4, 0.5) is 0 Å². The molecule has 0 bridgehead atoms. The number of ether oxygens (including phenoxy) is 2. The molecule has 0 spiro atoms. The van der Waals surface area contributed by atoms with Gasteiger partial charge in [0.2, 0.25) is 0 Å². The van der Waals surface area contributed by atoms with Gasteiger partial charge in [-0.05, 0) is 42.5 Å². The third kappa shape index (κ3) is 5.89. The van der Waals surface area contributed by atoms with Crippen LogP contribution in [0.1, 0.15) is 20.7 Å². The van der Waals surface area contributed by atoms with E-state index in [4.69, 9.17) is 32.7 Å². The van der Waals surface area contributed by atoms with E-state index in [1.54, 1.807) is 24.3 Å². The van der Waals surface area contributed by atoms with Crippen molar-refractivity contribution in [1.29, 1.82) is 0 Å². The van der Waals surface area contributed by atoms with Crippen molar-refractivity contribution in [3.63, 3.8) is 0 Å². The number of carbonyl (C=O) groups excluding carboxylic acids is 2. The summed E-state index contributed by atoms with van der Waals surface area (Å²) in [5, 5.41) is 0.583. The maximum atomic E-state index is 12.5. The van der Waals surface area contributed by atoms with Gasteiger partial charge in [-0.2, -0.15) is 0 Å². The van der Waals surface area contributed by atoms with Crippen molar-refractivity contribution in [2.24, 2.45) is 0 Å². The number of carbonyl (C=O) groups is 2. The van der Waals surface area contributed by atoms with Crippen LogP contribution < -0.4 is 20.3 Å². The lowest BCUT2D eigenvalue weighted by Crippen LogP contribution is -2.41. The molecule has 0 saturated carbocycles. The fourth-order valence-corrected chi connectivity index (χ4v) is 3.02. The summed E-state index contributed by atoms with van der Waals surface area (Å²) >= 11 is 11.8. The highest BCUT2D eigenvalue weighted by atomic mass is 35.5. The van der Waals surface area contributed by atoms with E-state index < -0.39 is 11.8 Å². The lowest BCUT2D eigenvalue weighted by atomic mass is 10.2. The number of halogens is 2. The average Bonchev–Trinajstić information content (AvgIpc) is 2.76. The van der Waals surface area contributed by atoms with E-state index in [1.807, 2.05) is 30.3 Å². The molecule has 0 aromatic heterocycles. The molecule has 0 heterocycles. The van der Waals surface area contributed by atoms with E-state index in [0.717, 1.165) is 5.75 Å². The number of para-hydroxylation sites is 2. The van der Waals surface area contributed by atoms with Crippen LogP contribution >= 0.6 is 23.2 Å². The maximum absolute atomic E-state index is 12.5. The van der Waals surface area contributed by atoms with Gasteiger partial charge in [-0.25, -0.2) is 0 Å². The highest BCUT2D eigenvalue weighted by Crippen LogP contribution is 2.21. The number of amides is 2. The molecular weight excluding hydrogens is 427 g/mol. The number of benzene rings is 3. The number of hydrogen-bond donors (Lipinski definition) is 2. The van der Waals surface area contributed by atoms with Gasteiger partial charge in [0.15, 0.2) is 0 Å². The van der Waals surface area contributed by atoms with Gasteiger partial charge in [0.25, 0.3) is 11.8 Å². The van der Waals surface area contributed by atoms with Gasteiger partial charge >= 0.3 is 0 Å². The summed E-state index contributed by atoms with van der Waals surface area (Å²) in [7, 11) is 0. The normalized spacial score (nSPS) is 10.2. The second-order valence-electron chi connectivity index (χ2n) is 6.04. The van der Waals surface area contributed by atoms with Gasteiger partial charge in [-0.15, -0.1) is 0 Å². The first-order chi connectivity index (χ1) is 14.5. The molecular formula is C22H18Cl2N2O4. The average molecular weight is 445 g/mol. The Labute approximate surface area is 183 Å². The van der Waals surface area contributed by atoms with Crippen LogP contribution in [0.25, 0.3) is 0 Å². The number of nitrogens with one attached hydrogen (secondary N) is 2. The Morgan fingerprint density at radius 3 is 2.10 bits per heavy atom. The molecule has 0 aliphatic rings. The van der Waals surface area contributed by atoms with Crippen LogP contribution in [0.5, 0.6) is 11.5 Å². The highest BCUT2D eigenvalue weighted by molar-refractivity contribution is 6.36. The fraction of sp³-hybridized carbons (Fsp3) is 0.0909. The van der Waals surface area contributed by atoms with Crippen molar-refractivity contribution in [2.75, 3.05) is 13.2 Å². The topological polar surface area (TPSA) is 76.7 Å². The Morgan fingerprint density at radius 1 is 0.733 bits per heavy atom. The smallest absolute Gasteiger partial charge is 0.273 e. The minimum absolute atomic E-state index is 0.177. The Morgan fingerprint density at radius 2 is 1.37 bits per heavy atom. The van der Waals surface area contributed by atoms with E-state index >= 15 is 0 Å². The SMILES string of the molecule is O=C(NNC(=O)c1ccccc1OCCOc1ccccc1)c1ccc(Cl)cc1Cl. The molecule has 8 heteroatoms. The molecule has 0 atom stereocenters. The molecule has 2 amide bonds. The zero-order valence-electron chi connectivity index (χ0n) is 15.7. The van der Waals surface area contributed by atoms with E-state index in [9.17, 15) is 9.59 Å². The molecule has 0 unspecified atom stereocenters. The molecule has 0 radical (unpaired) electrons. The summed E-state index contributed by atoms with van der Waals surface area (Å²) in [6.07, 6.45) is 0. The van der Waals surface area contributed by atoms with Crippen molar-refractivity contribution in [3.8, 4) is 11.5 Å². The standard InChI is InChI=1S/C22H18Cl2N2O4/c23-15-10-11-17(19(24)14-15)21(27)25-26-22(28)18-8-4-5-9-20(18)30-13-12-29-16-6-2-1-3-7-16/h1-11,14H,12-13H2,(H,25,27)(H,26,28). The van der Waals surface area contributed by atoms with Crippen molar-refractivity contribution in [2.45, 2.75) is 0 Å². The lowest BCUT2D eigenvalue weighted by Gasteiger charge is -2.13. The molecule has 0 aliphatic carbocycles. The van der Waals surface area contributed by atoms with Crippen LogP contribution in [0.2, 0.25) is 10.0 Å².